The van der Waals surface area contributed by atoms with Crippen LogP contribution in [0.2, 0.25) is 0 Å². The number of benzene rings is 1. The summed E-state index contributed by atoms with van der Waals surface area (Å²) in [7, 11) is 7.25. The summed E-state index contributed by atoms with van der Waals surface area (Å²) in [5.41, 5.74) is -0.418. The van der Waals surface area contributed by atoms with E-state index in [1.165, 1.54) is 15.6 Å². The fourth-order valence-corrected chi connectivity index (χ4v) is 2.25. The Morgan fingerprint density at radius 2 is 2.04 bits per heavy atom. The first-order valence-corrected chi connectivity index (χ1v) is 7.95. The maximum Gasteiger partial charge on any atom is 0.410 e. The third kappa shape index (κ3) is 4.18. The van der Waals surface area contributed by atoms with Crippen molar-refractivity contribution in [3.8, 4) is 5.69 Å². The van der Waals surface area contributed by atoms with Gasteiger partial charge in [-0.15, -0.1) is 0 Å². The first kappa shape index (κ1) is 19.0. The van der Waals surface area contributed by atoms with Gasteiger partial charge < -0.3 is 9.64 Å². The van der Waals surface area contributed by atoms with Crippen molar-refractivity contribution in [1.82, 2.24) is 19.7 Å². The van der Waals surface area contributed by atoms with Gasteiger partial charge in [-0.05, 0) is 40.7 Å². The molecule has 0 N–H and O–H groups in total. The Hall–Kier alpha value is -2.38. The molecule has 0 aliphatic heterocycles. The molecule has 1 unspecified atom stereocenters. The number of rotatable bonds is 3. The molecule has 2 radical (unpaired) electrons. The van der Waals surface area contributed by atoms with Crippen LogP contribution in [0.5, 0.6) is 0 Å². The van der Waals surface area contributed by atoms with Crippen molar-refractivity contribution in [3.05, 3.63) is 35.7 Å². The number of nitrogens with zero attached hydrogens (tertiary/aromatic N) is 4. The van der Waals surface area contributed by atoms with Crippen LogP contribution in [0.3, 0.4) is 0 Å². The van der Waals surface area contributed by atoms with E-state index in [4.69, 9.17) is 12.6 Å². The lowest BCUT2D eigenvalue weighted by Crippen LogP contribution is -2.36. The second-order valence-corrected chi connectivity index (χ2v) is 6.88. The normalized spacial score (nSPS) is 12.8. The molecule has 1 aromatic carbocycles. The van der Waals surface area contributed by atoms with E-state index in [2.05, 4.69) is 10.1 Å². The number of halogens is 1. The van der Waals surface area contributed by atoms with Crippen molar-refractivity contribution in [3.63, 3.8) is 0 Å². The number of aryl methyl sites for hydroxylation is 1. The van der Waals surface area contributed by atoms with Crippen LogP contribution < -0.4 is 5.46 Å². The third-order valence-corrected chi connectivity index (χ3v) is 3.61. The SMILES string of the molecule is [B]c1cccc(-n2nc(C)nc2C(C)N(C)C(=O)OC(C)(C)C)c1F. The number of carbonyl (C=O) groups excluding carboxylic acids is 1. The Labute approximate surface area is 148 Å². The zero-order valence-electron chi connectivity index (χ0n) is 15.4. The molecule has 132 valence electrons. The van der Waals surface area contributed by atoms with Crippen molar-refractivity contribution in [2.45, 2.75) is 46.3 Å². The molecule has 25 heavy (non-hydrogen) atoms. The molecule has 2 aromatic rings. The predicted octanol–water partition coefficient (Wildman–Crippen LogP) is 2.44. The standard InChI is InChI=1S/C17H22BFN4O2/c1-10(22(6)16(24)25-17(3,4)5)15-20-11(2)21-23(15)13-9-7-8-12(18)14(13)19/h7-10H,1-6H3. The molecule has 0 spiro atoms. The van der Waals surface area contributed by atoms with E-state index in [1.807, 2.05) is 0 Å². The van der Waals surface area contributed by atoms with Crippen molar-refractivity contribution in [2.75, 3.05) is 7.05 Å². The molecule has 8 heteroatoms. The first-order valence-electron chi connectivity index (χ1n) is 7.95. The fourth-order valence-electron chi connectivity index (χ4n) is 2.25. The van der Waals surface area contributed by atoms with Gasteiger partial charge in [0.15, 0.2) is 5.82 Å². The maximum absolute atomic E-state index is 14.4. The summed E-state index contributed by atoms with van der Waals surface area (Å²) in [5, 5.41) is 4.25. The van der Waals surface area contributed by atoms with Gasteiger partial charge in [0.1, 0.15) is 30.8 Å². The minimum absolute atomic E-state index is 0.0183. The second-order valence-electron chi connectivity index (χ2n) is 6.88. The minimum Gasteiger partial charge on any atom is -0.444 e. The van der Waals surface area contributed by atoms with Gasteiger partial charge in [0, 0.05) is 7.05 Å². The van der Waals surface area contributed by atoms with Crippen LogP contribution in [0, 0.1) is 12.7 Å². The van der Waals surface area contributed by atoms with Crippen LogP contribution in [-0.2, 0) is 4.74 Å². The van der Waals surface area contributed by atoms with Gasteiger partial charge in [0.2, 0.25) is 0 Å². The smallest absolute Gasteiger partial charge is 0.410 e. The number of aromatic nitrogens is 3. The number of carbonyl (C=O) groups is 1. The molecule has 0 saturated heterocycles. The lowest BCUT2D eigenvalue weighted by molar-refractivity contribution is 0.0225. The van der Waals surface area contributed by atoms with Crippen LogP contribution in [-0.4, -0.2) is 46.3 Å². The van der Waals surface area contributed by atoms with E-state index >= 15 is 0 Å². The lowest BCUT2D eigenvalue weighted by atomic mass is 9.95. The van der Waals surface area contributed by atoms with Crippen molar-refractivity contribution >= 4 is 19.4 Å². The summed E-state index contributed by atoms with van der Waals surface area (Å²) >= 11 is 0. The van der Waals surface area contributed by atoms with E-state index < -0.39 is 23.6 Å². The summed E-state index contributed by atoms with van der Waals surface area (Å²) in [4.78, 5) is 18.1. The fraction of sp³-hybridized carbons (Fsp3) is 0.471. The summed E-state index contributed by atoms with van der Waals surface area (Å²) in [6.07, 6.45) is -0.500. The molecule has 0 aliphatic rings. The second kappa shape index (κ2) is 6.86. The monoisotopic (exact) mass is 344 g/mol. The van der Waals surface area contributed by atoms with Gasteiger partial charge in [0.05, 0.1) is 6.04 Å². The molecule has 2 rings (SSSR count). The highest BCUT2D eigenvalue weighted by atomic mass is 19.1. The molecule has 0 fully saturated rings. The average molecular weight is 344 g/mol. The average Bonchev–Trinajstić information content (AvgIpc) is 2.88. The van der Waals surface area contributed by atoms with E-state index in [9.17, 15) is 9.18 Å². The van der Waals surface area contributed by atoms with Gasteiger partial charge in [-0.3, -0.25) is 0 Å². The highest BCUT2D eigenvalue weighted by molar-refractivity contribution is 6.32. The van der Waals surface area contributed by atoms with Crippen LogP contribution in [0.4, 0.5) is 9.18 Å². The summed E-state index contributed by atoms with van der Waals surface area (Å²) in [6.45, 7) is 8.84. The summed E-state index contributed by atoms with van der Waals surface area (Å²) < 4.78 is 21.1. The van der Waals surface area contributed by atoms with Gasteiger partial charge in [-0.2, -0.15) is 5.10 Å². The topological polar surface area (TPSA) is 60.2 Å². The molecule has 0 bridgehead atoms. The van der Waals surface area contributed by atoms with Gasteiger partial charge in [-0.25, -0.2) is 18.9 Å². The highest BCUT2D eigenvalue weighted by Gasteiger charge is 2.28. The van der Waals surface area contributed by atoms with Crippen LogP contribution in [0.15, 0.2) is 18.2 Å². The first-order chi connectivity index (χ1) is 11.5. The maximum atomic E-state index is 14.4. The number of ether oxygens (including phenoxy) is 1. The molecule has 6 nitrogen and oxygen atoms in total. The predicted molar refractivity (Wildman–Crippen MR) is 93.9 cm³/mol. The Kier molecular flexibility index (Phi) is 5.20. The molecule has 1 aromatic heterocycles. The molecule has 1 amide bonds. The third-order valence-electron chi connectivity index (χ3n) is 3.61. The van der Waals surface area contributed by atoms with E-state index in [-0.39, 0.29) is 11.2 Å². The van der Waals surface area contributed by atoms with Gasteiger partial charge in [-0.1, -0.05) is 17.6 Å². The van der Waals surface area contributed by atoms with Crippen molar-refractivity contribution in [2.24, 2.45) is 0 Å². The largest absolute Gasteiger partial charge is 0.444 e. The molecule has 0 saturated carbocycles. The molecule has 1 atom stereocenters. The van der Waals surface area contributed by atoms with Gasteiger partial charge in [0.25, 0.3) is 0 Å². The number of hydrogen-bond donors (Lipinski definition) is 0. The van der Waals surface area contributed by atoms with Crippen molar-refractivity contribution in [1.29, 1.82) is 0 Å². The Morgan fingerprint density at radius 1 is 1.40 bits per heavy atom. The quantitative estimate of drug-likeness (QED) is 0.803. The molecule has 1 heterocycles. The zero-order valence-corrected chi connectivity index (χ0v) is 15.4. The summed E-state index contributed by atoms with van der Waals surface area (Å²) in [5.74, 6) is 0.289. The van der Waals surface area contributed by atoms with Gasteiger partial charge >= 0.3 is 6.09 Å². The van der Waals surface area contributed by atoms with E-state index in [0.29, 0.717) is 11.6 Å². The number of hydrogen-bond acceptors (Lipinski definition) is 4. The molecular formula is C17H22BFN4O2. The summed E-state index contributed by atoms with van der Waals surface area (Å²) in [6, 6.07) is 4.18. The Morgan fingerprint density at radius 3 is 2.64 bits per heavy atom. The van der Waals surface area contributed by atoms with E-state index in [1.54, 1.807) is 53.8 Å². The highest BCUT2D eigenvalue weighted by Crippen LogP contribution is 2.23. The van der Waals surface area contributed by atoms with Crippen LogP contribution >= 0.6 is 0 Å². The van der Waals surface area contributed by atoms with Crippen LogP contribution in [0.1, 0.15) is 45.4 Å². The van der Waals surface area contributed by atoms with Crippen LogP contribution in [0.25, 0.3) is 5.69 Å². The number of amides is 1. The van der Waals surface area contributed by atoms with E-state index in [0.717, 1.165) is 0 Å². The Balaban J connectivity index is 2.40. The molecular weight excluding hydrogens is 322 g/mol. The minimum atomic E-state index is -0.616. The molecule has 0 aliphatic carbocycles. The Bertz CT molecular complexity index is 785. The zero-order chi connectivity index (χ0) is 18.9. The lowest BCUT2D eigenvalue weighted by Gasteiger charge is -2.28. The van der Waals surface area contributed by atoms with Crippen molar-refractivity contribution < 1.29 is 13.9 Å².